The first-order valence-corrected chi connectivity index (χ1v) is 10.4. The first-order valence-electron chi connectivity index (χ1n) is 10.4. The number of aryl methyl sites for hydroxylation is 4. The standard InChI is InChI=1S/2C11H11N2.2C2H6N.Ti/c2*1-8-7-9(2)13-11(8)10-5-3-4-6-12-10;2*1-3-2;/h2*3-7H,1-2H3;2*1-2H3;/q4*-1;+4. The Hall–Kier alpha value is -2.51. The number of hydrogen-bond donors (Lipinski definition) is 0. The number of hydrogen-bond acceptors (Lipinski definition) is 2. The van der Waals surface area contributed by atoms with Gasteiger partial charge in [-0.25, -0.2) is 0 Å². The van der Waals surface area contributed by atoms with Crippen LogP contribution in [-0.2, 0) is 21.7 Å². The molecule has 6 nitrogen and oxygen atoms in total. The van der Waals surface area contributed by atoms with E-state index in [9.17, 15) is 0 Å². The van der Waals surface area contributed by atoms with Gasteiger partial charge in [-0.3, -0.25) is 9.97 Å². The Labute approximate surface area is 214 Å². The van der Waals surface area contributed by atoms with Crippen molar-refractivity contribution in [2.75, 3.05) is 28.2 Å². The molecule has 4 heterocycles. The number of aromatic nitrogens is 4. The molecule has 0 spiro atoms. The maximum atomic E-state index is 4.42. The van der Waals surface area contributed by atoms with Crippen LogP contribution in [-0.4, -0.2) is 38.2 Å². The first-order chi connectivity index (χ1) is 15.4. The molecule has 0 saturated heterocycles. The minimum atomic E-state index is 0. The van der Waals surface area contributed by atoms with Gasteiger partial charge in [0.1, 0.15) is 0 Å². The molecule has 4 aromatic heterocycles. The second-order valence-electron chi connectivity index (χ2n) is 7.18. The van der Waals surface area contributed by atoms with Gasteiger partial charge in [-0.05, 0) is 38.1 Å². The molecule has 0 aromatic carbocycles. The van der Waals surface area contributed by atoms with Gasteiger partial charge in [-0.2, -0.15) is 39.6 Å². The van der Waals surface area contributed by atoms with Gasteiger partial charge in [0.2, 0.25) is 0 Å². The topological polar surface area (TPSA) is 82.2 Å². The summed E-state index contributed by atoms with van der Waals surface area (Å²) >= 11 is 0. The fraction of sp³-hybridized carbons (Fsp3) is 0.308. The van der Waals surface area contributed by atoms with Crippen LogP contribution in [0.15, 0.2) is 60.9 Å². The van der Waals surface area contributed by atoms with Crippen molar-refractivity contribution in [2.24, 2.45) is 0 Å². The van der Waals surface area contributed by atoms with Gasteiger partial charge in [0, 0.05) is 23.8 Å². The van der Waals surface area contributed by atoms with Gasteiger partial charge in [0.05, 0.1) is 0 Å². The predicted octanol–water partition coefficient (Wildman–Crippen LogP) is 5.88. The zero-order valence-corrected chi connectivity index (χ0v) is 22.5. The smallest absolute Gasteiger partial charge is 0.668 e. The Balaban J connectivity index is 0.000000491. The maximum Gasteiger partial charge on any atom is 4.00 e. The molecule has 172 valence electrons. The fourth-order valence-corrected chi connectivity index (χ4v) is 2.88. The Kier molecular flexibility index (Phi) is 15.7. The third-order valence-electron chi connectivity index (χ3n) is 3.99. The van der Waals surface area contributed by atoms with E-state index in [1.165, 1.54) is 11.1 Å². The Morgan fingerprint density at radius 3 is 1.15 bits per heavy atom. The first kappa shape index (κ1) is 30.5. The third-order valence-corrected chi connectivity index (χ3v) is 3.99. The average molecular weight is 478 g/mol. The number of pyridine rings is 2. The van der Waals surface area contributed by atoms with Gasteiger partial charge in [-0.15, -0.1) is 11.4 Å². The molecule has 4 rings (SSSR count). The van der Waals surface area contributed by atoms with Gasteiger partial charge >= 0.3 is 21.7 Å². The van der Waals surface area contributed by atoms with E-state index in [1.807, 2.05) is 50.2 Å². The molecular formula is C26H34N6Ti. The number of nitrogens with zero attached hydrogens (tertiary/aromatic N) is 6. The summed E-state index contributed by atoms with van der Waals surface area (Å²) in [7, 11) is 7.00. The summed E-state index contributed by atoms with van der Waals surface area (Å²) in [6, 6.07) is 15.9. The van der Waals surface area contributed by atoms with Crippen LogP contribution in [0.4, 0.5) is 0 Å². The van der Waals surface area contributed by atoms with Crippen LogP contribution in [0.5, 0.6) is 0 Å². The summed E-state index contributed by atoms with van der Waals surface area (Å²) in [6.45, 7) is 8.12. The summed E-state index contributed by atoms with van der Waals surface area (Å²) in [4.78, 5) is 17.4. The molecule has 4 aromatic rings. The normalized spacial score (nSPS) is 9.21. The van der Waals surface area contributed by atoms with Crippen molar-refractivity contribution in [3.05, 3.63) is 94.1 Å². The Bertz CT molecular complexity index is 926. The largest absolute Gasteiger partial charge is 4.00 e. The van der Waals surface area contributed by atoms with Crippen LogP contribution in [0.3, 0.4) is 0 Å². The van der Waals surface area contributed by atoms with E-state index in [1.54, 1.807) is 40.6 Å². The molecule has 0 aliphatic rings. The van der Waals surface area contributed by atoms with E-state index in [4.69, 9.17) is 0 Å². The quantitative estimate of drug-likeness (QED) is 0.337. The second-order valence-corrected chi connectivity index (χ2v) is 7.18. The third kappa shape index (κ3) is 10.8. The van der Waals surface area contributed by atoms with Crippen LogP contribution in [0.1, 0.15) is 22.5 Å². The van der Waals surface area contributed by atoms with E-state index in [0.29, 0.717) is 0 Å². The van der Waals surface area contributed by atoms with Crippen LogP contribution in [0.25, 0.3) is 33.4 Å². The molecule has 0 aliphatic heterocycles. The van der Waals surface area contributed by atoms with Crippen molar-refractivity contribution >= 4 is 0 Å². The zero-order valence-electron chi connectivity index (χ0n) is 21.0. The molecule has 0 atom stereocenters. The minimum Gasteiger partial charge on any atom is -0.668 e. The summed E-state index contributed by atoms with van der Waals surface area (Å²) in [5.74, 6) is 0. The molecule has 0 aliphatic carbocycles. The fourth-order valence-electron chi connectivity index (χ4n) is 2.88. The average Bonchev–Trinajstić information content (AvgIpc) is 3.30. The second kappa shape index (κ2) is 17.0. The van der Waals surface area contributed by atoms with Crippen LogP contribution >= 0.6 is 0 Å². The summed E-state index contributed by atoms with van der Waals surface area (Å²) in [6.07, 6.45) is 3.58. The maximum absolute atomic E-state index is 4.42. The molecule has 0 N–H and O–H groups in total. The molecule has 0 unspecified atom stereocenters. The summed E-state index contributed by atoms with van der Waals surface area (Å²) in [5.41, 5.74) is 8.39. The monoisotopic (exact) mass is 478 g/mol. The minimum absolute atomic E-state index is 0. The van der Waals surface area contributed by atoms with E-state index in [0.717, 1.165) is 34.2 Å². The Morgan fingerprint density at radius 2 is 0.939 bits per heavy atom. The van der Waals surface area contributed by atoms with Crippen molar-refractivity contribution in [3.63, 3.8) is 0 Å². The van der Waals surface area contributed by atoms with Gasteiger partial charge in [0.15, 0.2) is 0 Å². The van der Waals surface area contributed by atoms with E-state index in [2.05, 4.69) is 56.5 Å². The molecule has 0 fully saturated rings. The van der Waals surface area contributed by atoms with Crippen LogP contribution < -0.4 is 9.97 Å². The van der Waals surface area contributed by atoms with Crippen LogP contribution in [0.2, 0.25) is 0 Å². The molecule has 33 heavy (non-hydrogen) atoms. The van der Waals surface area contributed by atoms with E-state index in [-0.39, 0.29) is 21.7 Å². The molecule has 0 amide bonds. The van der Waals surface area contributed by atoms with Crippen LogP contribution in [0, 0.1) is 27.7 Å². The van der Waals surface area contributed by atoms with Crippen molar-refractivity contribution < 1.29 is 21.7 Å². The Morgan fingerprint density at radius 1 is 0.606 bits per heavy atom. The molecular weight excluding hydrogens is 444 g/mol. The SMILES string of the molecule is C[N-]C.C[N-]C.Cc1cc(C)c(-c2ccccn2)[n-]1.Cc1cc(C)c(-c2ccccn2)[n-]1.[Ti+4]. The van der Waals surface area contributed by atoms with Crippen molar-refractivity contribution in [3.8, 4) is 22.8 Å². The summed E-state index contributed by atoms with van der Waals surface area (Å²) < 4.78 is 0. The molecule has 7 heteroatoms. The molecule has 0 radical (unpaired) electrons. The number of rotatable bonds is 2. The van der Waals surface area contributed by atoms with Gasteiger partial charge in [-0.1, -0.05) is 49.2 Å². The molecule has 0 bridgehead atoms. The summed E-state index contributed by atoms with van der Waals surface area (Å²) in [5, 5.41) is 7.00. The van der Waals surface area contributed by atoms with Crippen molar-refractivity contribution in [2.45, 2.75) is 27.7 Å². The van der Waals surface area contributed by atoms with E-state index >= 15 is 0 Å². The van der Waals surface area contributed by atoms with Crippen molar-refractivity contribution in [1.82, 2.24) is 19.9 Å². The predicted molar refractivity (Wildman–Crippen MR) is 135 cm³/mol. The van der Waals surface area contributed by atoms with Gasteiger partial charge in [0.25, 0.3) is 0 Å². The van der Waals surface area contributed by atoms with Gasteiger partial charge < -0.3 is 20.6 Å². The van der Waals surface area contributed by atoms with E-state index < -0.39 is 0 Å². The van der Waals surface area contributed by atoms with Crippen molar-refractivity contribution in [1.29, 1.82) is 0 Å². The molecule has 0 saturated carbocycles. The zero-order chi connectivity index (χ0) is 23.9.